The summed E-state index contributed by atoms with van der Waals surface area (Å²) in [5.74, 6) is -1.07. The standard InChI is InChI=1S/C15H17F2NS/c1-3-10-5-6-19-15(10)14(18-4-2)11-7-12(16)9-13(17)8-11/h5-9,14,18H,3-4H2,1-2H3. The van der Waals surface area contributed by atoms with Crippen LogP contribution in [0.2, 0.25) is 0 Å². The fourth-order valence-corrected chi connectivity index (χ4v) is 3.30. The van der Waals surface area contributed by atoms with Crippen molar-refractivity contribution in [3.63, 3.8) is 0 Å². The molecule has 0 amide bonds. The van der Waals surface area contributed by atoms with E-state index in [2.05, 4.69) is 18.3 Å². The molecule has 0 fully saturated rings. The second kappa shape index (κ2) is 6.26. The molecule has 0 aliphatic heterocycles. The molecule has 1 aromatic carbocycles. The summed E-state index contributed by atoms with van der Waals surface area (Å²) in [7, 11) is 0. The van der Waals surface area contributed by atoms with Gasteiger partial charge in [0, 0.05) is 10.9 Å². The summed E-state index contributed by atoms with van der Waals surface area (Å²) in [6, 6.07) is 5.62. The first-order valence-electron chi connectivity index (χ1n) is 6.41. The van der Waals surface area contributed by atoms with Gasteiger partial charge in [-0.25, -0.2) is 8.78 Å². The summed E-state index contributed by atoms with van der Waals surface area (Å²) >= 11 is 1.62. The minimum Gasteiger partial charge on any atom is -0.306 e. The molecule has 1 nitrogen and oxygen atoms in total. The molecule has 0 spiro atoms. The maximum Gasteiger partial charge on any atom is 0.126 e. The van der Waals surface area contributed by atoms with E-state index in [1.165, 1.54) is 17.7 Å². The lowest BCUT2D eigenvalue weighted by Crippen LogP contribution is -2.22. The van der Waals surface area contributed by atoms with Crippen molar-refractivity contribution in [3.05, 3.63) is 57.3 Å². The van der Waals surface area contributed by atoms with E-state index in [0.29, 0.717) is 5.56 Å². The lowest BCUT2D eigenvalue weighted by molar-refractivity contribution is 0.566. The zero-order valence-corrected chi connectivity index (χ0v) is 11.9. The molecule has 2 aromatic rings. The van der Waals surface area contributed by atoms with Crippen LogP contribution in [0.4, 0.5) is 8.78 Å². The Morgan fingerprint density at radius 3 is 2.42 bits per heavy atom. The van der Waals surface area contributed by atoms with E-state index >= 15 is 0 Å². The van der Waals surface area contributed by atoms with Crippen LogP contribution >= 0.6 is 11.3 Å². The predicted octanol–water partition coefficient (Wildman–Crippen LogP) is 4.29. The zero-order valence-electron chi connectivity index (χ0n) is 11.0. The molecule has 1 heterocycles. The molecule has 0 radical (unpaired) electrons. The van der Waals surface area contributed by atoms with E-state index in [1.54, 1.807) is 11.3 Å². The van der Waals surface area contributed by atoms with Crippen molar-refractivity contribution < 1.29 is 8.78 Å². The van der Waals surface area contributed by atoms with Crippen molar-refractivity contribution in [1.29, 1.82) is 0 Å². The summed E-state index contributed by atoms with van der Waals surface area (Å²) in [6.07, 6.45) is 0.915. The Kier molecular flexibility index (Phi) is 4.66. The molecule has 0 saturated heterocycles. The molecule has 4 heteroatoms. The topological polar surface area (TPSA) is 12.0 Å². The average Bonchev–Trinajstić information content (AvgIpc) is 2.82. The summed E-state index contributed by atoms with van der Waals surface area (Å²) in [4.78, 5) is 1.13. The first kappa shape index (κ1) is 14.2. The SMILES string of the molecule is CCNC(c1cc(F)cc(F)c1)c1sccc1CC. The van der Waals surface area contributed by atoms with Gasteiger partial charge in [0.25, 0.3) is 0 Å². The van der Waals surface area contributed by atoms with Crippen molar-refractivity contribution in [2.24, 2.45) is 0 Å². The first-order valence-corrected chi connectivity index (χ1v) is 7.29. The Morgan fingerprint density at radius 2 is 1.84 bits per heavy atom. The maximum atomic E-state index is 13.4. The monoisotopic (exact) mass is 281 g/mol. The number of nitrogens with one attached hydrogen (secondary N) is 1. The predicted molar refractivity (Wildman–Crippen MR) is 75.6 cm³/mol. The van der Waals surface area contributed by atoms with Crippen LogP contribution in [0.15, 0.2) is 29.6 Å². The lowest BCUT2D eigenvalue weighted by Gasteiger charge is -2.19. The molecular weight excluding hydrogens is 264 g/mol. The van der Waals surface area contributed by atoms with Crippen LogP contribution in [-0.4, -0.2) is 6.54 Å². The van der Waals surface area contributed by atoms with E-state index in [1.807, 2.05) is 12.3 Å². The van der Waals surface area contributed by atoms with E-state index in [-0.39, 0.29) is 6.04 Å². The number of benzene rings is 1. The second-order valence-corrected chi connectivity index (χ2v) is 5.30. The Bertz CT molecular complexity index is 531. The molecule has 102 valence electrons. The molecule has 0 saturated carbocycles. The molecular formula is C15H17F2NS. The molecule has 1 atom stereocenters. The van der Waals surface area contributed by atoms with E-state index < -0.39 is 11.6 Å². The third kappa shape index (κ3) is 3.19. The molecule has 1 N–H and O–H groups in total. The van der Waals surface area contributed by atoms with E-state index in [9.17, 15) is 8.78 Å². The highest BCUT2D eigenvalue weighted by molar-refractivity contribution is 7.10. The number of halogens is 2. The van der Waals surface area contributed by atoms with Gasteiger partial charge in [0.1, 0.15) is 11.6 Å². The third-order valence-corrected chi connectivity index (χ3v) is 4.07. The summed E-state index contributed by atoms with van der Waals surface area (Å²) in [6.45, 7) is 4.81. The van der Waals surface area contributed by atoms with Crippen LogP contribution in [-0.2, 0) is 6.42 Å². The van der Waals surface area contributed by atoms with Crippen LogP contribution in [0.5, 0.6) is 0 Å². The summed E-state index contributed by atoms with van der Waals surface area (Å²) in [5.41, 5.74) is 1.86. The highest BCUT2D eigenvalue weighted by Crippen LogP contribution is 2.31. The average molecular weight is 281 g/mol. The number of rotatable bonds is 5. The number of aryl methyl sites for hydroxylation is 1. The molecule has 2 rings (SSSR count). The largest absolute Gasteiger partial charge is 0.306 e. The Labute approximate surface area is 116 Å². The normalized spacial score (nSPS) is 12.6. The van der Waals surface area contributed by atoms with Gasteiger partial charge in [0.2, 0.25) is 0 Å². The van der Waals surface area contributed by atoms with E-state index in [4.69, 9.17) is 0 Å². The molecule has 0 aliphatic carbocycles. The Morgan fingerprint density at radius 1 is 1.16 bits per heavy atom. The summed E-state index contributed by atoms with van der Waals surface area (Å²) < 4.78 is 26.8. The van der Waals surface area contributed by atoms with Crippen molar-refractivity contribution in [2.45, 2.75) is 26.3 Å². The quantitative estimate of drug-likeness (QED) is 0.862. The van der Waals surface area contributed by atoms with E-state index in [0.717, 1.165) is 23.9 Å². The van der Waals surface area contributed by atoms with Crippen LogP contribution in [0.25, 0.3) is 0 Å². The lowest BCUT2D eigenvalue weighted by atomic mass is 10.0. The third-order valence-electron chi connectivity index (χ3n) is 3.05. The van der Waals surface area contributed by atoms with Gasteiger partial charge >= 0.3 is 0 Å². The van der Waals surface area contributed by atoms with Crippen LogP contribution in [0.3, 0.4) is 0 Å². The Balaban J connectivity index is 2.45. The first-order chi connectivity index (χ1) is 9.15. The second-order valence-electron chi connectivity index (χ2n) is 4.36. The van der Waals surface area contributed by atoms with Crippen molar-refractivity contribution >= 4 is 11.3 Å². The van der Waals surface area contributed by atoms with Gasteiger partial charge in [-0.1, -0.05) is 13.8 Å². The van der Waals surface area contributed by atoms with Crippen molar-refractivity contribution in [2.75, 3.05) is 6.54 Å². The smallest absolute Gasteiger partial charge is 0.126 e. The fraction of sp³-hybridized carbons (Fsp3) is 0.333. The van der Waals surface area contributed by atoms with Crippen LogP contribution in [0.1, 0.15) is 35.9 Å². The van der Waals surface area contributed by atoms with Crippen LogP contribution in [0, 0.1) is 11.6 Å². The maximum absolute atomic E-state index is 13.4. The molecule has 0 aliphatic rings. The zero-order chi connectivity index (χ0) is 13.8. The molecule has 19 heavy (non-hydrogen) atoms. The van der Waals surface area contributed by atoms with Gasteiger partial charge in [-0.3, -0.25) is 0 Å². The summed E-state index contributed by atoms with van der Waals surface area (Å²) in [5, 5.41) is 5.33. The van der Waals surface area contributed by atoms with Gasteiger partial charge in [0.15, 0.2) is 0 Å². The molecule has 0 bridgehead atoms. The van der Waals surface area contributed by atoms with Gasteiger partial charge in [-0.15, -0.1) is 11.3 Å². The fourth-order valence-electron chi connectivity index (χ4n) is 2.20. The van der Waals surface area contributed by atoms with Crippen molar-refractivity contribution in [3.8, 4) is 0 Å². The highest BCUT2D eigenvalue weighted by atomic mass is 32.1. The van der Waals surface area contributed by atoms with Gasteiger partial charge in [0.05, 0.1) is 6.04 Å². The molecule has 1 aromatic heterocycles. The van der Waals surface area contributed by atoms with Gasteiger partial charge in [-0.2, -0.15) is 0 Å². The number of thiophene rings is 1. The minimum atomic E-state index is -0.535. The van der Waals surface area contributed by atoms with Crippen molar-refractivity contribution in [1.82, 2.24) is 5.32 Å². The molecule has 1 unspecified atom stereocenters. The highest BCUT2D eigenvalue weighted by Gasteiger charge is 2.18. The van der Waals surface area contributed by atoms with Crippen LogP contribution < -0.4 is 5.32 Å². The van der Waals surface area contributed by atoms with Gasteiger partial charge in [-0.05, 0) is 47.7 Å². The number of hydrogen-bond donors (Lipinski definition) is 1. The van der Waals surface area contributed by atoms with Gasteiger partial charge < -0.3 is 5.32 Å². The Hall–Kier alpha value is -1.26. The number of hydrogen-bond acceptors (Lipinski definition) is 2. The minimum absolute atomic E-state index is 0.148.